The van der Waals surface area contributed by atoms with Crippen LogP contribution in [0.1, 0.15) is 36.6 Å². The van der Waals surface area contributed by atoms with Crippen molar-refractivity contribution in [2.24, 2.45) is 0 Å². The van der Waals surface area contributed by atoms with Crippen molar-refractivity contribution in [1.82, 2.24) is 0 Å². The highest BCUT2D eigenvalue weighted by atomic mass is 35.5. The van der Waals surface area contributed by atoms with Gasteiger partial charge in [-0.25, -0.2) is 4.79 Å². The number of Topliss-reactive ketones (excluding diaryl/α,β-unsaturated/α-hetero) is 1. The zero-order chi connectivity index (χ0) is 19.0. The maximum Gasteiger partial charge on any atom is 0.338 e. The lowest BCUT2D eigenvalue weighted by Crippen LogP contribution is -2.14. The largest absolute Gasteiger partial charge is 0.454 e. The fourth-order valence-corrected chi connectivity index (χ4v) is 3.37. The Morgan fingerprint density at radius 3 is 2.26 bits per heavy atom. The Hall–Kier alpha value is -3.24. The zero-order valence-electron chi connectivity index (χ0n) is 14.1. The molecule has 0 atom stereocenters. The first-order valence-corrected chi connectivity index (χ1v) is 8.67. The number of hydrogen-bond donors (Lipinski definition) is 0. The van der Waals surface area contributed by atoms with Crippen molar-refractivity contribution in [3.8, 4) is 11.1 Å². The third kappa shape index (κ3) is 3.04. The molecular weight excluding hydrogens is 364 g/mol. The van der Waals surface area contributed by atoms with Crippen molar-refractivity contribution >= 4 is 29.1 Å². The van der Waals surface area contributed by atoms with E-state index in [1.54, 1.807) is 48.5 Å². The van der Waals surface area contributed by atoms with Crippen LogP contribution in [0.15, 0.2) is 66.7 Å². The van der Waals surface area contributed by atoms with Gasteiger partial charge in [0.15, 0.2) is 12.4 Å². The van der Waals surface area contributed by atoms with E-state index in [4.69, 9.17) is 16.3 Å². The molecule has 0 aromatic heterocycles. The van der Waals surface area contributed by atoms with Crippen molar-refractivity contribution in [2.45, 2.75) is 0 Å². The Balaban J connectivity index is 1.54. The smallest absolute Gasteiger partial charge is 0.338 e. The minimum Gasteiger partial charge on any atom is -0.454 e. The van der Waals surface area contributed by atoms with Gasteiger partial charge in [-0.05, 0) is 41.5 Å². The topological polar surface area (TPSA) is 60.4 Å². The molecule has 0 fully saturated rings. The quantitative estimate of drug-likeness (QED) is 0.386. The maximum absolute atomic E-state index is 12.4. The lowest BCUT2D eigenvalue weighted by Gasteiger charge is -2.07. The van der Waals surface area contributed by atoms with Crippen LogP contribution in [-0.4, -0.2) is 24.1 Å². The fraction of sp³-hybridized carbons (Fsp3) is 0.0455. The molecule has 1 aliphatic carbocycles. The van der Waals surface area contributed by atoms with E-state index in [1.165, 1.54) is 6.07 Å². The molecule has 1 aliphatic rings. The Morgan fingerprint density at radius 2 is 1.48 bits per heavy atom. The molecule has 0 bridgehead atoms. The molecule has 4 rings (SSSR count). The Labute approximate surface area is 160 Å². The Kier molecular flexibility index (Phi) is 4.34. The van der Waals surface area contributed by atoms with Gasteiger partial charge in [0, 0.05) is 16.7 Å². The molecule has 0 heterocycles. The molecule has 3 aromatic rings. The fourth-order valence-electron chi connectivity index (χ4n) is 3.13. The van der Waals surface area contributed by atoms with E-state index in [1.807, 2.05) is 12.1 Å². The summed E-state index contributed by atoms with van der Waals surface area (Å²) >= 11 is 5.98. The average Bonchev–Trinajstić information content (AvgIpc) is 2.98. The van der Waals surface area contributed by atoms with Crippen molar-refractivity contribution in [3.63, 3.8) is 0 Å². The number of ether oxygens (including phenoxy) is 1. The summed E-state index contributed by atoms with van der Waals surface area (Å²) in [7, 11) is 0. The normalized spacial score (nSPS) is 11.7. The second-order valence-electron chi connectivity index (χ2n) is 6.11. The molecule has 0 aliphatic heterocycles. The molecule has 0 saturated carbocycles. The van der Waals surface area contributed by atoms with Gasteiger partial charge in [0.2, 0.25) is 5.78 Å². The molecule has 0 unspecified atom stereocenters. The molecule has 0 radical (unpaired) electrons. The minimum absolute atomic E-state index is 0.0607. The molecule has 0 N–H and O–H groups in total. The van der Waals surface area contributed by atoms with E-state index in [-0.39, 0.29) is 17.1 Å². The van der Waals surface area contributed by atoms with Crippen LogP contribution in [0.5, 0.6) is 0 Å². The van der Waals surface area contributed by atoms with Crippen LogP contribution in [0.4, 0.5) is 0 Å². The first-order valence-electron chi connectivity index (χ1n) is 8.29. The van der Waals surface area contributed by atoms with Crippen LogP contribution < -0.4 is 0 Å². The Bertz CT molecular complexity index is 1100. The van der Waals surface area contributed by atoms with E-state index in [0.29, 0.717) is 27.3 Å². The summed E-state index contributed by atoms with van der Waals surface area (Å²) in [5.74, 6) is -1.07. The highest BCUT2D eigenvalue weighted by Crippen LogP contribution is 2.36. The monoisotopic (exact) mass is 376 g/mol. The third-order valence-corrected chi connectivity index (χ3v) is 4.80. The number of ketones is 2. The summed E-state index contributed by atoms with van der Waals surface area (Å²) in [6, 6.07) is 18.6. The van der Waals surface area contributed by atoms with Gasteiger partial charge >= 0.3 is 5.97 Å². The summed E-state index contributed by atoms with van der Waals surface area (Å²) in [5.41, 5.74) is 3.25. The van der Waals surface area contributed by atoms with E-state index in [0.717, 1.165) is 5.56 Å². The van der Waals surface area contributed by atoms with Gasteiger partial charge in [0.1, 0.15) is 0 Å². The van der Waals surface area contributed by atoms with E-state index in [9.17, 15) is 14.4 Å². The average molecular weight is 377 g/mol. The molecule has 5 heteroatoms. The number of fused-ring (bicyclic) bond motifs is 3. The van der Waals surface area contributed by atoms with Gasteiger partial charge in [-0.2, -0.15) is 0 Å². The standard InChI is InChI=1S/C22H13ClO4/c23-19-8-4-3-7-17(19)20(24)12-27-22(26)13-9-10-16-18(11-13)14-5-1-2-6-15(14)21(16)25/h1-11H,12H2. The number of carbonyl (C=O) groups excluding carboxylic acids is 3. The lowest BCUT2D eigenvalue weighted by atomic mass is 10.0. The van der Waals surface area contributed by atoms with Gasteiger partial charge in [-0.15, -0.1) is 0 Å². The van der Waals surface area contributed by atoms with Gasteiger partial charge in [0.05, 0.1) is 10.6 Å². The van der Waals surface area contributed by atoms with Gasteiger partial charge in [-0.3, -0.25) is 9.59 Å². The summed E-state index contributed by atoms with van der Waals surface area (Å²) in [6.07, 6.45) is 0. The van der Waals surface area contributed by atoms with Crippen molar-refractivity contribution in [2.75, 3.05) is 6.61 Å². The second-order valence-corrected chi connectivity index (χ2v) is 6.52. The Morgan fingerprint density at radius 1 is 0.815 bits per heavy atom. The zero-order valence-corrected chi connectivity index (χ0v) is 14.8. The molecule has 27 heavy (non-hydrogen) atoms. The summed E-state index contributed by atoms with van der Waals surface area (Å²) in [5, 5.41) is 0.311. The van der Waals surface area contributed by atoms with Crippen LogP contribution in [0.3, 0.4) is 0 Å². The predicted octanol–water partition coefficient (Wildman–Crippen LogP) is 4.59. The molecule has 0 saturated heterocycles. The first kappa shape index (κ1) is 17.2. The molecule has 3 aromatic carbocycles. The van der Waals surface area contributed by atoms with Gasteiger partial charge < -0.3 is 4.74 Å². The number of esters is 1. The number of hydrogen-bond acceptors (Lipinski definition) is 4. The molecule has 0 spiro atoms. The number of halogens is 1. The minimum atomic E-state index is -0.630. The molecule has 0 amide bonds. The first-order chi connectivity index (χ1) is 13.1. The van der Waals surface area contributed by atoms with Crippen molar-refractivity contribution in [1.29, 1.82) is 0 Å². The molecule has 4 nitrogen and oxygen atoms in total. The summed E-state index contributed by atoms with van der Waals surface area (Å²) in [4.78, 5) is 37.0. The van der Waals surface area contributed by atoms with Crippen LogP contribution in [0, 0.1) is 0 Å². The summed E-state index contributed by atoms with van der Waals surface area (Å²) < 4.78 is 5.14. The maximum atomic E-state index is 12.4. The third-order valence-electron chi connectivity index (χ3n) is 4.47. The number of rotatable bonds is 4. The van der Waals surface area contributed by atoms with E-state index >= 15 is 0 Å². The highest BCUT2D eigenvalue weighted by molar-refractivity contribution is 6.34. The SMILES string of the molecule is O=C(OCC(=O)c1ccccc1Cl)c1ccc2c(c1)-c1ccccc1C2=O. The predicted molar refractivity (Wildman–Crippen MR) is 101 cm³/mol. The number of carbonyl (C=O) groups is 3. The van der Waals surface area contributed by atoms with Crippen LogP contribution in [-0.2, 0) is 4.74 Å². The van der Waals surface area contributed by atoms with Crippen LogP contribution in [0.25, 0.3) is 11.1 Å². The lowest BCUT2D eigenvalue weighted by molar-refractivity contribution is 0.0474. The molecular formula is C22H13ClO4. The van der Waals surface area contributed by atoms with Gasteiger partial charge in [-0.1, -0.05) is 48.0 Å². The van der Waals surface area contributed by atoms with E-state index < -0.39 is 12.6 Å². The highest BCUT2D eigenvalue weighted by Gasteiger charge is 2.27. The number of benzene rings is 3. The van der Waals surface area contributed by atoms with Crippen LogP contribution >= 0.6 is 11.6 Å². The van der Waals surface area contributed by atoms with Crippen LogP contribution in [0.2, 0.25) is 5.02 Å². The van der Waals surface area contributed by atoms with Crippen molar-refractivity contribution in [3.05, 3.63) is 94.0 Å². The van der Waals surface area contributed by atoms with E-state index in [2.05, 4.69) is 0 Å². The van der Waals surface area contributed by atoms with Gasteiger partial charge in [0.25, 0.3) is 0 Å². The summed E-state index contributed by atoms with van der Waals surface area (Å²) in [6.45, 7) is -0.408. The molecule has 132 valence electrons. The second kappa shape index (κ2) is 6.82. The van der Waals surface area contributed by atoms with Crippen molar-refractivity contribution < 1.29 is 19.1 Å².